The van der Waals surface area contributed by atoms with Crippen LogP contribution in [0.5, 0.6) is 0 Å². The predicted molar refractivity (Wildman–Crippen MR) is 86.2 cm³/mol. The Morgan fingerprint density at radius 3 is 2.36 bits per heavy atom. The van der Waals surface area contributed by atoms with E-state index in [9.17, 15) is 13.2 Å². The van der Waals surface area contributed by atoms with Gasteiger partial charge < -0.3 is 5.32 Å². The van der Waals surface area contributed by atoms with E-state index in [1.807, 2.05) is 26.8 Å². The second-order valence-corrected chi connectivity index (χ2v) is 7.95. The zero-order valence-corrected chi connectivity index (χ0v) is 14.3. The van der Waals surface area contributed by atoms with Crippen LogP contribution in [-0.2, 0) is 14.8 Å². The van der Waals surface area contributed by atoms with Crippen LogP contribution in [0.15, 0.2) is 6.07 Å². The van der Waals surface area contributed by atoms with E-state index in [1.54, 1.807) is 0 Å². The lowest BCUT2D eigenvalue weighted by atomic mass is 9.97. The van der Waals surface area contributed by atoms with Gasteiger partial charge in [0.1, 0.15) is 0 Å². The molecule has 1 saturated heterocycles. The number of aromatic nitrogens is 1. The second kappa shape index (κ2) is 6.34. The molecule has 1 aliphatic rings. The maximum Gasteiger partial charge on any atom is 0.227 e. The first-order valence-electron chi connectivity index (χ1n) is 7.39. The maximum atomic E-state index is 12.4. The summed E-state index contributed by atoms with van der Waals surface area (Å²) < 4.78 is 24.4. The minimum absolute atomic E-state index is 0.0509. The first-order chi connectivity index (χ1) is 10.2. The van der Waals surface area contributed by atoms with E-state index < -0.39 is 10.0 Å². The van der Waals surface area contributed by atoms with Crippen molar-refractivity contribution in [1.29, 1.82) is 0 Å². The lowest BCUT2D eigenvalue weighted by Crippen LogP contribution is -2.41. The van der Waals surface area contributed by atoms with Gasteiger partial charge in [0.2, 0.25) is 15.9 Å². The number of carbonyl (C=O) groups is 1. The number of hydrogen-bond donors (Lipinski definition) is 1. The number of amides is 1. The van der Waals surface area contributed by atoms with E-state index in [0.29, 0.717) is 25.9 Å². The summed E-state index contributed by atoms with van der Waals surface area (Å²) >= 11 is 0. The molecule has 0 unspecified atom stereocenters. The Morgan fingerprint density at radius 1 is 1.27 bits per heavy atom. The molecule has 0 aliphatic carbocycles. The normalized spacial score (nSPS) is 17.5. The number of aryl methyl sites for hydroxylation is 3. The molecule has 2 heterocycles. The van der Waals surface area contributed by atoms with Gasteiger partial charge >= 0.3 is 0 Å². The van der Waals surface area contributed by atoms with Crippen LogP contribution in [0.4, 0.5) is 5.69 Å². The van der Waals surface area contributed by atoms with Crippen molar-refractivity contribution >= 4 is 21.6 Å². The smallest absolute Gasteiger partial charge is 0.227 e. The van der Waals surface area contributed by atoms with E-state index in [-0.39, 0.29) is 11.8 Å². The molecule has 22 heavy (non-hydrogen) atoms. The van der Waals surface area contributed by atoms with Crippen molar-refractivity contribution in [3.63, 3.8) is 0 Å². The molecule has 0 atom stereocenters. The Labute approximate surface area is 132 Å². The molecule has 6 nitrogen and oxygen atoms in total. The van der Waals surface area contributed by atoms with E-state index in [0.717, 1.165) is 22.6 Å². The zero-order valence-electron chi connectivity index (χ0n) is 13.5. The van der Waals surface area contributed by atoms with E-state index in [4.69, 9.17) is 0 Å². The van der Waals surface area contributed by atoms with Crippen molar-refractivity contribution < 1.29 is 13.2 Å². The molecule has 2 rings (SSSR count). The summed E-state index contributed by atoms with van der Waals surface area (Å²) in [6, 6.07) is 1.94. The first kappa shape index (κ1) is 16.9. The topological polar surface area (TPSA) is 79.4 Å². The first-order valence-corrected chi connectivity index (χ1v) is 9.24. The Bertz CT molecular complexity index is 654. The van der Waals surface area contributed by atoms with Crippen LogP contribution in [0.1, 0.15) is 29.8 Å². The van der Waals surface area contributed by atoms with Gasteiger partial charge in [-0.2, -0.15) is 0 Å². The molecule has 1 aliphatic heterocycles. The van der Waals surface area contributed by atoms with Crippen LogP contribution in [0.3, 0.4) is 0 Å². The molecule has 1 amide bonds. The van der Waals surface area contributed by atoms with Gasteiger partial charge in [0.05, 0.1) is 17.6 Å². The van der Waals surface area contributed by atoms with E-state index in [2.05, 4.69) is 10.3 Å². The van der Waals surface area contributed by atoms with Gasteiger partial charge in [-0.05, 0) is 45.2 Å². The van der Waals surface area contributed by atoms with Crippen molar-refractivity contribution in [1.82, 2.24) is 9.29 Å². The number of pyridine rings is 1. The maximum absolute atomic E-state index is 12.4. The summed E-state index contributed by atoms with van der Waals surface area (Å²) in [6.07, 6.45) is 2.31. The van der Waals surface area contributed by atoms with Crippen molar-refractivity contribution in [2.45, 2.75) is 33.6 Å². The SMILES string of the molecule is Cc1cc(C)c(NC(=O)C2CCN(S(C)(=O)=O)CC2)c(C)n1. The summed E-state index contributed by atoms with van der Waals surface area (Å²) in [7, 11) is -3.16. The molecule has 0 saturated carbocycles. The Kier molecular flexibility index (Phi) is 4.87. The minimum atomic E-state index is -3.16. The molecule has 122 valence electrons. The lowest BCUT2D eigenvalue weighted by Gasteiger charge is -2.29. The fourth-order valence-electron chi connectivity index (χ4n) is 2.89. The van der Waals surface area contributed by atoms with Gasteiger partial charge in [-0.25, -0.2) is 12.7 Å². The minimum Gasteiger partial charge on any atom is -0.324 e. The number of hydrogen-bond acceptors (Lipinski definition) is 4. The zero-order chi connectivity index (χ0) is 16.5. The van der Waals surface area contributed by atoms with Gasteiger partial charge in [0.25, 0.3) is 0 Å². The molecule has 0 aromatic carbocycles. The summed E-state index contributed by atoms with van der Waals surface area (Å²) in [6.45, 7) is 6.56. The highest BCUT2D eigenvalue weighted by molar-refractivity contribution is 7.88. The largest absolute Gasteiger partial charge is 0.324 e. The van der Waals surface area contributed by atoms with Gasteiger partial charge in [0.15, 0.2) is 0 Å². The fourth-order valence-corrected chi connectivity index (χ4v) is 3.76. The lowest BCUT2D eigenvalue weighted by molar-refractivity contribution is -0.120. The van der Waals surface area contributed by atoms with Gasteiger partial charge in [0, 0.05) is 24.7 Å². The van der Waals surface area contributed by atoms with Gasteiger partial charge in [-0.15, -0.1) is 0 Å². The summed E-state index contributed by atoms with van der Waals surface area (Å²) in [5.74, 6) is -0.205. The van der Waals surface area contributed by atoms with Crippen LogP contribution < -0.4 is 5.32 Å². The molecule has 0 bridgehead atoms. The molecule has 1 aromatic rings. The van der Waals surface area contributed by atoms with E-state index in [1.165, 1.54) is 10.6 Å². The molecule has 0 radical (unpaired) electrons. The quantitative estimate of drug-likeness (QED) is 0.916. The summed E-state index contributed by atoms with van der Waals surface area (Å²) in [5, 5.41) is 2.96. The summed E-state index contributed by atoms with van der Waals surface area (Å²) in [4.78, 5) is 16.8. The van der Waals surface area contributed by atoms with Gasteiger partial charge in [-0.3, -0.25) is 9.78 Å². The second-order valence-electron chi connectivity index (χ2n) is 5.97. The Morgan fingerprint density at radius 2 is 1.86 bits per heavy atom. The van der Waals surface area contributed by atoms with Crippen LogP contribution in [-0.4, -0.2) is 43.0 Å². The summed E-state index contributed by atoms with van der Waals surface area (Å²) in [5.41, 5.74) is 3.49. The van der Waals surface area contributed by atoms with Crippen LogP contribution in [0.25, 0.3) is 0 Å². The van der Waals surface area contributed by atoms with Crippen molar-refractivity contribution in [3.05, 3.63) is 23.0 Å². The molecular weight excluding hydrogens is 302 g/mol. The molecule has 1 N–H and O–H groups in total. The molecule has 7 heteroatoms. The molecule has 1 fully saturated rings. The standard InChI is InChI=1S/C15H23N3O3S/c1-10-9-11(2)16-12(3)14(10)17-15(19)13-5-7-18(8-6-13)22(4,20)21/h9,13H,5-8H2,1-4H3,(H,17,19). The Balaban J connectivity index is 2.03. The number of carbonyl (C=O) groups excluding carboxylic acids is 1. The number of piperidine rings is 1. The number of rotatable bonds is 3. The number of anilines is 1. The fraction of sp³-hybridized carbons (Fsp3) is 0.600. The average Bonchev–Trinajstić information content (AvgIpc) is 2.41. The molecular formula is C15H23N3O3S. The van der Waals surface area contributed by atoms with Crippen molar-refractivity contribution in [3.8, 4) is 0 Å². The highest BCUT2D eigenvalue weighted by Crippen LogP contribution is 2.24. The van der Waals surface area contributed by atoms with Crippen LogP contribution >= 0.6 is 0 Å². The molecule has 0 spiro atoms. The monoisotopic (exact) mass is 325 g/mol. The third-order valence-corrected chi connectivity index (χ3v) is 5.37. The van der Waals surface area contributed by atoms with Crippen LogP contribution in [0.2, 0.25) is 0 Å². The predicted octanol–water partition coefficient (Wildman–Crippen LogP) is 1.62. The average molecular weight is 325 g/mol. The third-order valence-electron chi connectivity index (χ3n) is 4.07. The third kappa shape index (κ3) is 3.84. The molecule has 1 aromatic heterocycles. The van der Waals surface area contributed by atoms with Crippen LogP contribution in [0, 0.1) is 26.7 Å². The highest BCUT2D eigenvalue weighted by atomic mass is 32.2. The van der Waals surface area contributed by atoms with Crippen molar-refractivity contribution in [2.24, 2.45) is 5.92 Å². The highest BCUT2D eigenvalue weighted by Gasteiger charge is 2.29. The Hall–Kier alpha value is -1.47. The van der Waals surface area contributed by atoms with E-state index >= 15 is 0 Å². The number of nitrogens with zero attached hydrogens (tertiary/aromatic N) is 2. The van der Waals surface area contributed by atoms with Crippen molar-refractivity contribution in [2.75, 3.05) is 24.7 Å². The number of sulfonamides is 1. The van der Waals surface area contributed by atoms with Gasteiger partial charge in [-0.1, -0.05) is 0 Å². The number of nitrogens with one attached hydrogen (secondary N) is 1.